The molecule has 0 heterocycles. The van der Waals surface area contributed by atoms with Gasteiger partial charge in [0.15, 0.2) is 0 Å². The molecule has 0 atom stereocenters. The lowest BCUT2D eigenvalue weighted by Crippen LogP contribution is -2.34. The molecule has 1 rings (SSSR count). The van der Waals surface area contributed by atoms with Gasteiger partial charge >= 0.3 is 0 Å². The van der Waals surface area contributed by atoms with Crippen molar-refractivity contribution in [2.45, 2.75) is 18.4 Å². The number of nitrogens with two attached hydrogens (primary N) is 1. The average molecular weight is 302 g/mol. The van der Waals surface area contributed by atoms with Crippen molar-refractivity contribution in [3.8, 4) is 0 Å². The molecule has 20 heavy (non-hydrogen) atoms. The molecule has 1 aromatic carbocycles. The fourth-order valence-corrected chi connectivity index (χ4v) is 3.48. The van der Waals surface area contributed by atoms with Gasteiger partial charge in [0.05, 0.1) is 11.5 Å². The van der Waals surface area contributed by atoms with Crippen LogP contribution in [0.1, 0.15) is 11.1 Å². The Morgan fingerprint density at radius 3 is 2.65 bits per heavy atom. The maximum atomic E-state index is 13.8. The highest BCUT2D eigenvalue weighted by molar-refractivity contribution is 7.89. The molecule has 112 valence electrons. The topological polar surface area (TPSA) is 83.6 Å². The first-order valence-electron chi connectivity index (χ1n) is 6.09. The summed E-state index contributed by atoms with van der Waals surface area (Å²) in [5, 5.41) is 8.96. The van der Waals surface area contributed by atoms with Gasteiger partial charge in [-0.25, -0.2) is 12.8 Å². The lowest BCUT2D eigenvalue weighted by Gasteiger charge is -2.21. The van der Waals surface area contributed by atoms with Crippen LogP contribution in [-0.2, 0) is 16.6 Å². The van der Waals surface area contributed by atoms with Gasteiger partial charge in [0, 0.05) is 25.2 Å². The Kier molecular flexibility index (Phi) is 5.82. The molecule has 0 aromatic heterocycles. The molecule has 5 nitrogen and oxygen atoms in total. The van der Waals surface area contributed by atoms with Gasteiger partial charge in [-0.1, -0.05) is 6.08 Å². The molecule has 1 aromatic rings. The van der Waals surface area contributed by atoms with E-state index >= 15 is 0 Å². The minimum atomic E-state index is -3.90. The van der Waals surface area contributed by atoms with E-state index < -0.39 is 15.8 Å². The van der Waals surface area contributed by atoms with Crippen LogP contribution in [0.4, 0.5) is 4.39 Å². The Hall–Kier alpha value is -1.28. The standard InChI is InChI=1S/C13H19FN2O3S/c1-3-4-16(5-6-17)20(18,19)13-8-11(9-15)7-12(14)10(13)2/h3,7-8,17H,1,4-6,9,15H2,2H3. The van der Waals surface area contributed by atoms with Crippen LogP contribution in [0.2, 0.25) is 0 Å². The van der Waals surface area contributed by atoms with Gasteiger partial charge < -0.3 is 10.8 Å². The van der Waals surface area contributed by atoms with Crippen molar-refractivity contribution in [1.29, 1.82) is 0 Å². The number of halogens is 1. The zero-order valence-electron chi connectivity index (χ0n) is 11.3. The van der Waals surface area contributed by atoms with Crippen LogP contribution in [0, 0.1) is 12.7 Å². The van der Waals surface area contributed by atoms with Crippen LogP contribution in [0.25, 0.3) is 0 Å². The van der Waals surface area contributed by atoms with E-state index in [1.165, 1.54) is 25.1 Å². The lowest BCUT2D eigenvalue weighted by molar-refractivity contribution is 0.260. The summed E-state index contributed by atoms with van der Waals surface area (Å²) in [6.45, 7) is 4.55. The summed E-state index contributed by atoms with van der Waals surface area (Å²) >= 11 is 0. The molecule has 0 unspecified atom stereocenters. The van der Waals surface area contributed by atoms with Crippen molar-refractivity contribution < 1.29 is 17.9 Å². The molecule has 0 fully saturated rings. The van der Waals surface area contributed by atoms with Gasteiger partial charge in [0.1, 0.15) is 5.82 Å². The second kappa shape index (κ2) is 6.94. The van der Waals surface area contributed by atoms with Crippen molar-refractivity contribution in [3.63, 3.8) is 0 Å². The maximum Gasteiger partial charge on any atom is 0.243 e. The largest absolute Gasteiger partial charge is 0.395 e. The van der Waals surface area contributed by atoms with E-state index in [1.807, 2.05) is 0 Å². The third-order valence-corrected chi connectivity index (χ3v) is 4.88. The summed E-state index contributed by atoms with van der Waals surface area (Å²) in [5.41, 5.74) is 5.88. The van der Waals surface area contributed by atoms with E-state index in [9.17, 15) is 12.8 Å². The molecule has 0 bridgehead atoms. The second-order valence-corrected chi connectivity index (χ2v) is 6.19. The van der Waals surface area contributed by atoms with E-state index in [-0.39, 0.29) is 36.7 Å². The molecule has 0 aliphatic carbocycles. The van der Waals surface area contributed by atoms with Crippen molar-refractivity contribution in [3.05, 3.63) is 41.7 Å². The van der Waals surface area contributed by atoms with Crippen LogP contribution in [0.15, 0.2) is 29.7 Å². The molecule has 0 amide bonds. The minimum absolute atomic E-state index is 0.0363. The number of rotatable bonds is 7. The van der Waals surface area contributed by atoms with E-state index in [2.05, 4.69) is 6.58 Å². The van der Waals surface area contributed by atoms with Gasteiger partial charge in [-0.2, -0.15) is 4.31 Å². The van der Waals surface area contributed by atoms with Gasteiger partial charge in [0.2, 0.25) is 10.0 Å². The highest BCUT2D eigenvalue weighted by atomic mass is 32.2. The molecule has 0 saturated carbocycles. The van der Waals surface area contributed by atoms with Gasteiger partial charge in [-0.3, -0.25) is 0 Å². The van der Waals surface area contributed by atoms with E-state index in [0.717, 1.165) is 4.31 Å². The van der Waals surface area contributed by atoms with Crippen LogP contribution in [0.3, 0.4) is 0 Å². The van der Waals surface area contributed by atoms with Crippen molar-refractivity contribution >= 4 is 10.0 Å². The molecule has 0 aliphatic rings. The predicted molar refractivity (Wildman–Crippen MR) is 75.1 cm³/mol. The molecule has 0 aliphatic heterocycles. The zero-order chi connectivity index (χ0) is 15.3. The highest BCUT2D eigenvalue weighted by Crippen LogP contribution is 2.23. The van der Waals surface area contributed by atoms with Crippen LogP contribution in [-0.4, -0.2) is 37.5 Å². The lowest BCUT2D eigenvalue weighted by atomic mass is 10.1. The monoisotopic (exact) mass is 302 g/mol. The zero-order valence-corrected chi connectivity index (χ0v) is 12.2. The molecule has 0 radical (unpaired) electrons. The average Bonchev–Trinajstić information content (AvgIpc) is 2.41. The van der Waals surface area contributed by atoms with Gasteiger partial charge in [0.25, 0.3) is 0 Å². The molecular formula is C13H19FN2O3S. The molecular weight excluding hydrogens is 283 g/mol. The van der Waals surface area contributed by atoms with Gasteiger partial charge in [-0.05, 0) is 24.6 Å². The first-order valence-corrected chi connectivity index (χ1v) is 7.53. The number of hydrogen-bond donors (Lipinski definition) is 2. The number of sulfonamides is 1. The highest BCUT2D eigenvalue weighted by Gasteiger charge is 2.26. The van der Waals surface area contributed by atoms with E-state index in [4.69, 9.17) is 10.8 Å². The first kappa shape index (κ1) is 16.8. The molecule has 3 N–H and O–H groups in total. The number of nitrogens with zero attached hydrogens (tertiary/aromatic N) is 1. The van der Waals surface area contributed by atoms with Crippen molar-refractivity contribution in [2.75, 3.05) is 19.7 Å². The number of aliphatic hydroxyl groups is 1. The first-order chi connectivity index (χ1) is 9.38. The summed E-state index contributed by atoms with van der Waals surface area (Å²) in [6.07, 6.45) is 1.41. The molecule has 0 spiro atoms. The van der Waals surface area contributed by atoms with Crippen molar-refractivity contribution in [1.82, 2.24) is 4.31 Å². The van der Waals surface area contributed by atoms with Gasteiger partial charge in [-0.15, -0.1) is 6.58 Å². The molecule has 0 saturated heterocycles. The predicted octanol–water partition coefficient (Wildman–Crippen LogP) is 0.762. The van der Waals surface area contributed by atoms with Crippen LogP contribution >= 0.6 is 0 Å². The Morgan fingerprint density at radius 2 is 2.15 bits per heavy atom. The summed E-state index contributed by atoms with van der Waals surface area (Å²) in [4.78, 5) is -0.131. The third kappa shape index (κ3) is 3.43. The Bertz CT molecular complexity index is 588. The number of hydrogen-bond acceptors (Lipinski definition) is 4. The number of benzene rings is 1. The smallest absolute Gasteiger partial charge is 0.243 e. The Labute approximate surface area is 118 Å². The number of aliphatic hydroxyl groups excluding tert-OH is 1. The quantitative estimate of drug-likeness (QED) is 0.728. The Morgan fingerprint density at radius 1 is 1.50 bits per heavy atom. The summed E-state index contributed by atoms with van der Waals surface area (Å²) in [6, 6.07) is 2.58. The van der Waals surface area contributed by atoms with Crippen molar-refractivity contribution in [2.24, 2.45) is 5.73 Å². The second-order valence-electron chi connectivity index (χ2n) is 4.28. The fraction of sp³-hybridized carbons (Fsp3) is 0.385. The molecule has 7 heteroatoms. The van der Waals surface area contributed by atoms with Crippen LogP contribution < -0.4 is 5.73 Å². The van der Waals surface area contributed by atoms with E-state index in [0.29, 0.717) is 5.56 Å². The normalized spacial score (nSPS) is 11.8. The maximum absolute atomic E-state index is 13.8. The fourth-order valence-electron chi connectivity index (χ4n) is 1.80. The summed E-state index contributed by atoms with van der Waals surface area (Å²) in [5.74, 6) is -0.617. The minimum Gasteiger partial charge on any atom is -0.395 e. The van der Waals surface area contributed by atoms with E-state index in [1.54, 1.807) is 0 Å². The Balaban J connectivity index is 3.39. The summed E-state index contributed by atoms with van der Waals surface area (Å²) < 4.78 is 39.9. The van der Waals surface area contributed by atoms with Crippen LogP contribution in [0.5, 0.6) is 0 Å². The summed E-state index contributed by atoms with van der Waals surface area (Å²) in [7, 11) is -3.90. The third-order valence-electron chi connectivity index (χ3n) is 2.89. The SMILES string of the molecule is C=CCN(CCO)S(=O)(=O)c1cc(CN)cc(F)c1C.